The molecule has 0 saturated carbocycles. The van der Waals surface area contributed by atoms with Crippen molar-refractivity contribution < 1.29 is 0 Å². The Morgan fingerprint density at radius 3 is 2.92 bits per heavy atom. The van der Waals surface area contributed by atoms with Gasteiger partial charge in [0.25, 0.3) is 5.56 Å². The average Bonchev–Trinajstić information content (AvgIpc) is 2.12. The molecule has 0 unspecified atom stereocenters. The van der Waals surface area contributed by atoms with Crippen molar-refractivity contribution in [3.05, 3.63) is 39.4 Å². The molecule has 0 atom stereocenters. The summed E-state index contributed by atoms with van der Waals surface area (Å²) < 4.78 is 2.61. The number of nitrogens with zero attached hydrogens (tertiary/aromatic N) is 2. The van der Waals surface area contributed by atoms with E-state index < -0.39 is 0 Å². The number of rotatable bonds is 0. The second-order valence-corrected chi connectivity index (χ2v) is 3.65. The fourth-order valence-corrected chi connectivity index (χ4v) is 1.81. The van der Waals surface area contributed by atoms with Crippen LogP contribution in [0.2, 0.25) is 0 Å². The number of benzene rings is 1. The zero-order chi connectivity index (χ0) is 9.42. The summed E-state index contributed by atoms with van der Waals surface area (Å²) in [6, 6.07) is 5.63. The molecule has 2 rings (SSSR count). The molecule has 0 amide bonds. The van der Waals surface area contributed by atoms with Gasteiger partial charge in [-0.3, -0.25) is 4.79 Å². The second-order valence-electron chi connectivity index (χ2n) is 2.79. The zero-order valence-corrected chi connectivity index (χ0v) is 8.58. The summed E-state index contributed by atoms with van der Waals surface area (Å²) in [5.74, 6) is 0. The first-order valence-electron chi connectivity index (χ1n) is 3.80. The Labute approximate surface area is 83.2 Å². The van der Waals surface area contributed by atoms with Crippen molar-refractivity contribution in [2.75, 3.05) is 0 Å². The van der Waals surface area contributed by atoms with Gasteiger partial charge in [-0.1, -0.05) is 6.07 Å². The van der Waals surface area contributed by atoms with Crippen molar-refractivity contribution in [3.8, 4) is 0 Å². The van der Waals surface area contributed by atoms with Gasteiger partial charge in [-0.25, -0.2) is 0 Å². The van der Waals surface area contributed by atoms with Crippen LogP contribution in [0.25, 0.3) is 10.9 Å². The third kappa shape index (κ3) is 1.27. The molecule has 0 radical (unpaired) electrons. The molecule has 0 aliphatic rings. The van der Waals surface area contributed by atoms with Crippen LogP contribution in [0.15, 0.2) is 33.8 Å². The van der Waals surface area contributed by atoms with Crippen LogP contribution in [0.5, 0.6) is 0 Å². The van der Waals surface area contributed by atoms with Crippen LogP contribution in [-0.4, -0.2) is 9.55 Å². The van der Waals surface area contributed by atoms with Gasteiger partial charge in [-0.05, 0) is 28.1 Å². The van der Waals surface area contributed by atoms with E-state index in [1.165, 1.54) is 6.33 Å². The molecule has 66 valence electrons. The van der Waals surface area contributed by atoms with Gasteiger partial charge in [0, 0.05) is 11.5 Å². The molecular weight excluding hydrogens is 232 g/mol. The maximum absolute atomic E-state index is 11.4. The molecule has 0 bridgehead atoms. The average molecular weight is 239 g/mol. The maximum Gasteiger partial charge on any atom is 0.281 e. The van der Waals surface area contributed by atoms with Crippen LogP contribution in [0, 0.1) is 0 Å². The summed E-state index contributed by atoms with van der Waals surface area (Å²) in [5.41, 5.74) is 0.690. The lowest BCUT2D eigenvalue weighted by Crippen LogP contribution is -2.10. The van der Waals surface area contributed by atoms with Crippen LogP contribution in [-0.2, 0) is 7.05 Å². The zero-order valence-electron chi connectivity index (χ0n) is 6.99. The quantitative estimate of drug-likeness (QED) is 0.701. The molecule has 1 aromatic carbocycles. The molecule has 0 spiro atoms. The first kappa shape index (κ1) is 8.44. The third-order valence-electron chi connectivity index (χ3n) is 1.93. The van der Waals surface area contributed by atoms with Crippen molar-refractivity contribution in [2.45, 2.75) is 0 Å². The van der Waals surface area contributed by atoms with E-state index in [-0.39, 0.29) is 5.56 Å². The lowest BCUT2D eigenvalue weighted by Gasteiger charge is -2.03. The number of halogens is 1. The minimum Gasteiger partial charge on any atom is -0.335 e. The predicted molar refractivity (Wildman–Crippen MR) is 54.7 cm³/mol. The van der Waals surface area contributed by atoms with Gasteiger partial charge in [-0.2, -0.15) is 4.98 Å². The minimum atomic E-state index is -0.194. The Morgan fingerprint density at radius 2 is 2.23 bits per heavy atom. The molecule has 0 fully saturated rings. The maximum atomic E-state index is 11.4. The summed E-state index contributed by atoms with van der Waals surface area (Å²) in [7, 11) is 1.86. The van der Waals surface area contributed by atoms with E-state index in [1.807, 2.05) is 29.8 Å². The summed E-state index contributed by atoms with van der Waals surface area (Å²) >= 11 is 3.33. The lowest BCUT2D eigenvalue weighted by atomic mass is 10.2. The molecule has 0 N–H and O–H groups in total. The van der Waals surface area contributed by atoms with Crippen molar-refractivity contribution in [3.63, 3.8) is 0 Å². The van der Waals surface area contributed by atoms with Crippen LogP contribution < -0.4 is 5.56 Å². The van der Waals surface area contributed by atoms with Crippen molar-refractivity contribution in [1.29, 1.82) is 0 Å². The molecule has 0 aliphatic heterocycles. The fraction of sp³-hybridized carbons (Fsp3) is 0.111. The Bertz CT molecular complexity index is 518. The topological polar surface area (TPSA) is 34.9 Å². The molecule has 0 aliphatic carbocycles. The largest absolute Gasteiger partial charge is 0.335 e. The van der Waals surface area contributed by atoms with Gasteiger partial charge in [0.05, 0.1) is 17.2 Å². The second kappa shape index (κ2) is 2.96. The van der Waals surface area contributed by atoms with Crippen LogP contribution in [0.3, 0.4) is 0 Å². The molecular formula is C9H7BrN2O. The highest BCUT2D eigenvalue weighted by Crippen LogP contribution is 2.18. The first-order valence-corrected chi connectivity index (χ1v) is 4.59. The Morgan fingerprint density at radius 1 is 1.46 bits per heavy atom. The van der Waals surface area contributed by atoms with Crippen molar-refractivity contribution in [2.24, 2.45) is 7.05 Å². The Hall–Kier alpha value is -1.16. The summed E-state index contributed by atoms with van der Waals surface area (Å²) in [6.45, 7) is 0. The SMILES string of the molecule is Cn1cnc(=O)c2c(Br)cccc21. The highest BCUT2D eigenvalue weighted by molar-refractivity contribution is 9.10. The number of fused-ring (bicyclic) bond motifs is 1. The Kier molecular flexibility index (Phi) is 1.92. The monoisotopic (exact) mass is 238 g/mol. The highest BCUT2D eigenvalue weighted by atomic mass is 79.9. The summed E-state index contributed by atoms with van der Waals surface area (Å²) in [6.07, 6.45) is 1.52. The normalized spacial score (nSPS) is 10.6. The van der Waals surface area contributed by atoms with Gasteiger partial charge in [0.15, 0.2) is 0 Å². The molecule has 4 heteroatoms. The van der Waals surface area contributed by atoms with Gasteiger partial charge in [-0.15, -0.1) is 0 Å². The summed E-state index contributed by atoms with van der Waals surface area (Å²) in [4.78, 5) is 15.1. The standard InChI is InChI=1S/C9H7BrN2O/c1-12-5-11-9(13)8-6(10)3-2-4-7(8)12/h2-5H,1H3. The van der Waals surface area contributed by atoms with Gasteiger partial charge >= 0.3 is 0 Å². The van der Waals surface area contributed by atoms with Crippen molar-refractivity contribution in [1.82, 2.24) is 9.55 Å². The van der Waals surface area contributed by atoms with E-state index in [9.17, 15) is 4.79 Å². The van der Waals surface area contributed by atoms with E-state index >= 15 is 0 Å². The smallest absolute Gasteiger partial charge is 0.281 e. The van der Waals surface area contributed by atoms with E-state index in [0.29, 0.717) is 5.39 Å². The van der Waals surface area contributed by atoms with E-state index in [1.54, 1.807) is 0 Å². The van der Waals surface area contributed by atoms with E-state index in [2.05, 4.69) is 20.9 Å². The fourth-order valence-electron chi connectivity index (χ4n) is 1.28. The van der Waals surface area contributed by atoms with E-state index in [4.69, 9.17) is 0 Å². The van der Waals surface area contributed by atoms with Crippen LogP contribution >= 0.6 is 15.9 Å². The molecule has 13 heavy (non-hydrogen) atoms. The molecule has 2 aromatic rings. The van der Waals surface area contributed by atoms with Crippen LogP contribution in [0.1, 0.15) is 0 Å². The number of hydrogen-bond donors (Lipinski definition) is 0. The lowest BCUT2D eigenvalue weighted by molar-refractivity contribution is 0.901. The molecule has 3 nitrogen and oxygen atoms in total. The number of aromatic nitrogens is 2. The predicted octanol–water partition coefficient (Wildman–Crippen LogP) is 1.70. The molecule has 1 heterocycles. The number of hydrogen-bond acceptors (Lipinski definition) is 2. The highest BCUT2D eigenvalue weighted by Gasteiger charge is 2.04. The Balaban J connectivity index is 3.09. The van der Waals surface area contributed by atoms with Crippen molar-refractivity contribution >= 4 is 26.8 Å². The van der Waals surface area contributed by atoms with E-state index in [0.717, 1.165) is 9.99 Å². The van der Waals surface area contributed by atoms with Gasteiger partial charge < -0.3 is 4.57 Å². The first-order chi connectivity index (χ1) is 6.20. The van der Waals surface area contributed by atoms with Crippen LogP contribution in [0.4, 0.5) is 0 Å². The summed E-state index contributed by atoms with van der Waals surface area (Å²) in [5, 5.41) is 0.632. The third-order valence-corrected chi connectivity index (χ3v) is 2.59. The number of aryl methyl sites for hydroxylation is 1. The molecule has 0 saturated heterocycles. The van der Waals surface area contributed by atoms with Gasteiger partial charge in [0.1, 0.15) is 0 Å². The minimum absolute atomic E-state index is 0.194. The van der Waals surface area contributed by atoms with Gasteiger partial charge in [0.2, 0.25) is 0 Å². The molecule has 1 aromatic heterocycles.